The summed E-state index contributed by atoms with van der Waals surface area (Å²) in [7, 11) is 6.10. The van der Waals surface area contributed by atoms with Crippen molar-refractivity contribution in [2.75, 3.05) is 24.7 Å². The fourth-order valence-electron chi connectivity index (χ4n) is 1.84. The third-order valence-corrected chi connectivity index (χ3v) is 2.65. The molecule has 1 aromatic heterocycles. The molecule has 0 fully saturated rings. The monoisotopic (exact) mass is 215 g/mol. The van der Waals surface area contributed by atoms with Crippen molar-refractivity contribution in [1.29, 1.82) is 0 Å². The van der Waals surface area contributed by atoms with Crippen LogP contribution >= 0.6 is 0 Å². The molecular weight excluding hydrogens is 198 g/mol. The lowest BCUT2D eigenvalue weighted by Gasteiger charge is -2.17. The van der Waals surface area contributed by atoms with Gasteiger partial charge in [-0.25, -0.2) is 0 Å². The van der Waals surface area contributed by atoms with Crippen LogP contribution < -0.4 is 10.6 Å². The molecule has 0 atom stereocenters. The van der Waals surface area contributed by atoms with Gasteiger partial charge in [0.05, 0.1) is 0 Å². The predicted molar refractivity (Wildman–Crippen MR) is 69.6 cm³/mol. The van der Waals surface area contributed by atoms with Crippen LogP contribution in [0.3, 0.4) is 0 Å². The van der Waals surface area contributed by atoms with Crippen LogP contribution in [0.5, 0.6) is 0 Å². The minimum atomic E-state index is 0.796. The van der Waals surface area contributed by atoms with E-state index in [0.717, 1.165) is 5.69 Å². The zero-order chi connectivity index (χ0) is 11.7. The molecule has 0 spiro atoms. The Bertz CT molecular complexity index is 498. The molecule has 2 N–H and O–H groups in total. The molecule has 0 radical (unpaired) electrons. The largest absolute Gasteiger partial charge is 0.399 e. The third kappa shape index (κ3) is 1.89. The number of hydrogen-bond acceptors (Lipinski definition) is 2. The first kappa shape index (κ1) is 10.6. The smallest absolute Gasteiger partial charge is 0.0442 e. The first-order valence-corrected chi connectivity index (χ1v) is 5.27. The molecular formula is C13H17N3. The van der Waals surface area contributed by atoms with Crippen molar-refractivity contribution >= 4 is 11.4 Å². The van der Waals surface area contributed by atoms with Gasteiger partial charge in [-0.2, -0.15) is 0 Å². The number of rotatable bonds is 2. The lowest BCUT2D eigenvalue weighted by atomic mass is 10.1. The second kappa shape index (κ2) is 3.93. The van der Waals surface area contributed by atoms with Gasteiger partial charge in [0.2, 0.25) is 0 Å². The van der Waals surface area contributed by atoms with E-state index in [9.17, 15) is 0 Å². The Morgan fingerprint density at radius 3 is 2.50 bits per heavy atom. The molecule has 1 aromatic carbocycles. The molecule has 84 valence electrons. The van der Waals surface area contributed by atoms with E-state index in [0.29, 0.717) is 0 Å². The average molecular weight is 215 g/mol. The van der Waals surface area contributed by atoms with Crippen molar-refractivity contribution in [3.63, 3.8) is 0 Å². The zero-order valence-electron chi connectivity index (χ0n) is 9.94. The van der Waals surface area contributed by atoms with Crippen LogP contribution in [-0.4, -0.2) is 18.7 Å². The number of hydrogen-bond donors (Lipinski definition) is 1. The van der Waals surface area contributed by atoms with Crippen LogP contribution in [0.2, 0.25) is 0 Å². The van der Waals surface area contributed by atoms with Gasteiger partial charge in [-0.05, 0) is 24.3 Å². The fourth-order valence-corrected chi connectivity index (χ4v) is 1.84. The standard InChI is InChI=1S/C13H17N3/c1-15(2)13-5-4-11(14)8-12(13)10-6-7-16(3)9-10/h4-9H,14H2,1-3H3. The highest BCUT2D eigenvalue weighted by atomic mass is 15.1. The summed E-state index contributed by atoms with van der Waals surface area (Å²) in [5.74, 6) is 0. The first-order chi connectivity index (χ1) is 7.58. The fraction of sp³-hybridized carbons (Fsp3) is 0.231. The van der Waals surface area contributed by atoms with Crippen LogP contribution in [-0.2, 0) is 7.05 Å². The quantitative estimate of drug-likeness (QED) is 0.780. The Morgan fingerprint density at radius 1 is 1.19 bits per heavy atom. The van der Waals surface area contributed by atoms with Crippen molar-refractivity contribution in [3.8, 4) is 11.1 Å². The summed E-state index contributed by atoms with van der Waals surface area (Å²) in [6.07, 6.45) is 4.14. The summed E-state index contributed by atoms with van der Waals surface area (Å²) in [6, 6.07) is 8.10. The van der Waals surface area contributed by atoms with Crippen molar-refractivity contribution in [3.05, 3.63) is 36.7 Å². The number of nitrogen functional groups attached to an aromatic ring is 1. The minimum absolute atomic E-state index is 0.796. The van der Waals surface area contributed by atoms with Crippen molar-refractivity contribution in [2.24, 2.45) is 7.05 Å². The number of benzene rings is 1. The second-order valence-electron chi connectivity index (χ2n) is 4.24. The molecule has 1 heterocycles. The van der Waals surface area contributed by atoms with E-state index in [4.69, 9.17) is 5.73 Å². The van der Waals surface area contributed by atoms with Crippen molar-refractivity contribution in [2.45, 2.75) is 0 Å². The van der Waals surface area contributed by atoms with Gasteiger partial charge in [-0.3, -0.25) is 0 Å². The number of nitrogens with two attached hydrogens (primary N) is 1. The summed E-state index contributed by atoms with van der Waals surface area (Å²) in [5, 5.41) is 0. The second-order valence-corrected chi connectivity index (χ2v) is 4.24. The van der Waals surface area contributed by atoms with Crippen LogP contribution in [0.4, 0.5) is 11.4 Å². The topological polar surface area (TPSA) is 34.2 Å². The van der Waals surface area contributed by atoms with E-state index in [1.54, 1.807) is 0 Å². The average Bonchev–Trinajstić information content (AvgIpc) is 2.64. The SMILES string of the molecule is CN(C)c1ccc(N)cc1-c1ccn(C)c1. The Labute approximate surface area is 96.1 Å². The molecule has 16 heavy (non-hydrogen) atoms. The van der Waals surface area contributed by atoms with Crippen LogP contribution in [0.15, 0.2) is 36.7 Å². The lowest BCUT2D eigenvalue weighted by Crippen LogP contribution is -2.10. The minimum Gasteiger partial charge on any atom is -0.399 e. The third-order valence-electron chi connectivity index (χ3n) is 2.65. The van der Waals surface area contributed by atoms with Gasteiger partial charge in [-0.1, -0.05) is 0 Å². The molecule has 2 rings (SSSR count). The zero-order valence-corrected chi connectivity index (χ0v) is 9.94. The highest BCUT2D eigenvalue weighted by molar-refractivity contribution is 5.80. The van der Waals surface area contributed by atoms with Crippen LogP contribution in [0.1, 0.15) is 0 Å². The Hall–Kier alpha value is -1.90. The Kier molecular flexibility index (Phi) is 2.60. The number of nitrogens with zero attached hydrogens (tertiary/aromatic N) is 2. The van der Waals surface area contributed by atoms with Gasteiger partial charge in [0.25, 0.3) is 0 Å². The first-order valence-electron chi connectivity index (χ1n) is 5.27. The number of aromatic nitrogens is 1. The van der Waals surface area contributed by atoms with E-state index >= 15 is 0 Å². The molecule has 0 saturated heterocycles. The van der Waals surface area contributed by atoms with Crippen LogP contribution in [0.25, 0.3) is 11.1 Å². The number of aryl methyl sites for hydroxylation is 1. The molecule has 0 saturated carbocycles. The lowest BCUT2D eigenvalue weighted by molar-refractivity contribution is 0.928. The molecule has 2 aromatic rings. The molecule has 0 unspecified atom stereocenters. The molecule has 3 nitrogen and oxygen atoms in total. The summed E-state index contributed by atoms with van der Waals surface area (Å²) in [4.78, 5) is 2.10. The summed E-state index contributed by atoms with van der Waals surface area (Å²) >= 11 is 0. The highest BCUT2D eigenvalue weighted by Gasteiger charge is 2.08. The molecule has 0 bridgehead atoms. The van der Waals surface area contributed by atoms with Gasteiger partial charge >= 0.3 is 0 Å². The Morgan fingerprint density at radius 2 is 1.94 bits per heavy atom. The van der Waals surface area contributed by atoms with E-state index in [2.05, 4.69) is 23.2 Å². The van der Waals surface area contributed by atoms with Gasteiger partial charge in [0.1, 0.15) is 0 Å². The Balaban J connectivity index is 2.57. The molecule has 0 aliphatic heterocycles. The maximum Gasteiger partial charge on any atom is 0.0442 e. The van der Waals surface area contributed by atoms with Gasteiger partial charge in [0, 0.05) is 56.0 Å². The molecule has 0 aliphatic rings. The summed E-state index contributed by atoms with van der Waals surface area (Å²) in [6.45, 7) is 0. The van der Waals surface area contributed by atoms with Gasteiger partial charge in [0.15, 0.2) is 0 Å². The maximum atomic E-state index is 5.85. The van der Waals surface area contributed by atoms with Crippen molar-refractivity contribution < 1.29 is 0 Å². The van der Waals surface area contributed by atoms with E-state index in [1.807, 2.05) is 44.0 Å². The highest BCUT2D eigenvalue weighted by Crippen LogP contribution is 2.31. The normalized spacial score (nSPS) is 10.4. The molecule has 3 heteroatoms. The molecule has 0 aliphatic carbocycles. The van der Waals surface area contributed by atoms with Crippen molar-refractivity contribution in [1.82, 2.24) is 4.57 Å². The summed E-state index contributed by atoms with van der Waals surface area (Å²) < 4.78 is 2.04. The predicted octanol–water partition coefficient (Wildman–Crippen LogP) is 2.34. The maximum absolute atomic E-state index is 5.85. The summed E-state index contributed by atoms with van der Waals surface area (Å²) in [5.41, 5.74) is 10.2. The van der Waals surface area contributed by atoms with Gasteiger partial charge in [-0.15, -0.1) is 0 Å². The molecule has 0 amide bonds. The number of anilines is 2. The van der Waals surface area contributed by atoms with E-state index in [-0.39, 0.29) is 0 Å². The van der Waals surface area contributed by atoms with Gasteiger partial charge < -0.3 is 15.2 Å². The van der Waals surface area contributed by atoms with Crippen LogP contribution in [0, 0.1) is 0 Å². The van der Waals surface area contributed by atoms with E-state index in [1.165, 1.54) is 16.8 Å². The van der Waals surface area contributed by atoms with E-state index < -0.39 is 0 Å².